The molecule has 120 valence electrons. The summed E-state index contributed by atoms with van der Waals surface area (Å²) < 4.78 is 0. The van der Waals surface area contributed by atoms with Gasteiger partial charge in [-0.25, -0.2) is 0 Å². The van der Waals surface area contributed by atoms with Crippen molar-refractivity contribution in [3.8, 4) is 24.3 Å². The maximum Gasteiger partial charge on any atom is 0.154 e. The first-order valence-corrected chi connectivity index (χ1v) is 17.6. The summed E-state index contributed by atoms with van der Waals surface area (Å²) in [6.45, 7) is 4.39. The van der Waals surface area contributed by atoms with Gasteiger partial charge in [0, 0.05) is 0 Å². The summed E-state index contributed by atoms with van der Waals surface area (Å²) >= 11 is 4.86. The van der Waals surface area contributed by atoms with Crippen LogP contribution in [0.25, 0.3) is 0 Å². The van der Waals surface area contributed by atoms with E-state index in [9.17, 15) is 0 Å². The number of hydrogen-bond acceptors (Lipinski definition) is 4. The van der Waals surface area contributed by atoms with Gasteiger partial charge in [-0.05, 0) is 0 Å². The van der Waals surface area contributed by atoms with Crippen molar-refractivity contribution in [3.05, 3.63) is 0 Å². The summed E-state index contributed by atoms with van der Waals surface area (Å²) in [6, 6.07) is 8.56. The van der Waals surface area contributed by atoms with Gasteiger partial charge >= 0.3 is 0 Å². The topological polar surface area (TPSA) is 95.2 Å². The summed E-state index contributed by atoms with van der Waals surface area (Å²) in [7, 11) is 0. The molecule has 0 rings (SSSR count). The molecule has 0 unspecified atom stereocenters. The Bertz CT molecular complexity index is 383. The highest BCUT2D eigenvalue weighted by atomic mass is 127. The maximum atomic E-state index is 8.35. The van der Waals surface area contributed by atoms with Crippen molar-refractivity contribution in [2.75, 3.05) is 38.0 Å². The maximum absolute atomic E-state index is 8.35. The average Bonchev–Trinajstić information content (AvgIpc) is 2.48. The van der Waals surface area contributed by atoms with E-state index in [4.69, 9.17) is 21.0 Å². The molecular formula is C14H22I2N4P2+2. The third-order valence-corrected chi connectivity index (χ3v) is 13.2. The molecule has 0 saturated heterocycles. The molecule has 0 saturated carbocycles. The summed E-state index contributed by atoms with van der Waals surface area (Å²) in [6.07, 6.45) is 6.52. The van der Waals surface area contributed by atoms with Crippen molar-refractivity contribution in [2.24, 2.45) is 0 Å². The van der Waals surface area contributed by atoms with Crippen LogP contribution in [-0.2, 0) is 0 Å². The van der Waals surface area contributed by atoms with E-state index >= 15 is 0 Å². The fourth-order valence-electron chi connectivity index (χ4n) is 1.36. The van der Waals surface area contributed by atoms with Gasteiger partial charge in [-0.2, -0.15) is 21.0 Å². The van der Waals surface area contributed by atoms with Crippen molar-refractivity contribution in [2.45, 2.75) is 25.7 Å². The van der Waals surface area contributed by atoms with Crippen LogP contribution >= 0.6 is 53.9 Å². The largest absolute Gasteiger partial charge is 0.198 e. The summed E-state index contributed by atoms with van der Waals surface area (Å²) in [5.74, 6) is 0. The zero-order valence-corrected chi connectivity index (χ0v) is 19.2. The molecule has 0 fully saturated rings. The Labute approximate surface area is 161 Å². The van der Waals surface area contributed by atoms with Crippen LogP contribution in [-0.4, -0.2) is 38.0 Å². The van der Waals surface area contributed by atoms with Crippen molar-refractivity contribution < 1.29 is 0 Å². The first kappa shape index (κ1) is 24.5. The van der Waals surface area contributed by atoms with E-state index < -0.39 is 9.81 Å². The summed E-state index contributed by atoms with van der Waals surface area (Å²) in [5.41, 5.74) is 0. The molecule has 0 aromatic carbocycles. The smallest absolute Gasteiger partial charge is 0.154 e. The highest BCUT2D eigenvalue weighted by Crippen LogP contribution is 2.64. The van der Waals surface area contributed by atoms with Crippen molar-refractivity contribution >= 4 is 53.9 Å². The molecule has 4 nitrogen and oxygen atoms in total. The number of rotatable bonds is 8. The number of halogens is 2. The molecule has 0 N–H and O–H groups in total. The molecule has 0 aromatic rings. The lowest BCUT2D eigenvalue weighted by Gasteiger charge is -2.10. The van der Waals surface area contributed by atoms with Crippen LogP contribution < -0.4 is 0 Å². The number of nitriles is 4. The Morgan fingerprint density at radius 1 is 0.591 bits per heavy atom. The van der Waals surface area contributed by atoms with Crippen molar-refractivity contribution in [1.29, 1.82) is 21.0 Å². The van der Waals surface area contributed by atoms with E-state index in [2.05, 4.69) is 81.7 Å². The molecule has 0 aliphatic carbocycles. The SMILES string of the molecule is C[P+](I)(CCC#N)CCC#N.C[P+](I)(CCC#N)CCC#N. The second kappa shape index (κ2) is 14.8. The van der Waals surface area contributed by atoms with Gasteiger partial charge in [0.05, 0.1) is 97.7 Å². The second-order valence-corrected chi connectivity index (χ2v) is 25.9. The predicted molar refractivity (Wildman–Crippen MR) is 114 cm³/mol. The van der Waals surface area contributed by atoms with Crippen molar-refractivity contribution in [1.82, 2.24) is 0 Å². The number of nitrogens with zero attached hydrogens (tertiary/aromatic N) is 4. The van der Waals surface area contributed by atoms with Crippen LogP contribution in [0.3, 0.4) is 0 Å². The minimum atomic E-state index is -0.951. The molecule has 0 spiro atoms. The molecule has 0 radical (unpaired) electrons. The lowest BCUT2D eigenvalue weighted by molar-refractivity contribution is 1.18. The van der Waals surface area contributed by atoms with Crippen LogP contribution in [0.5, 0.6) is 0 Å². The molecular weight excluding hydrogens is 540 g/mol. The van der Waals surface area contributed by atoms with E-state index in [0.717, 1.165) is 24.6 Å². The van der Waals surface area contributed by atoms with Crippen molar-refractivity contribution in [3.63, 3.8) is 0 Å². The van der Waals surface area contributed by atoms with Crippen LogP contribution in [0, 0.1) is 45.3 Å². The minimum Gasteiger partial charge on any atom is -0.198 e. The van der Waals surface area contributed by atoms with Crippen LogP contribution in [0.2, 0.25) is 0 Å². The molecule has 0 aliphatic rings. The molecule has 0 aromatic heterocycles. The van der Waals surface area contributed by atoms with Crippen LogP contribution in [0.1, 0.15) is 25.7 Å². The van der Waals surface area contributed by atoms with Gasteiger partial charge in [0.15, 0.2) is 44.1 Å². The molecule has 22 heavy (non-hydrogen) atoms. The van der Waals surface area contributed by atoms with Gasteiger partial charge in [-0.1, -0.05) is 0 Å². The monoisotopic (exact) mass is 562 g/mol. The Kier molecular flexibility index (Phi) is 16.6. The molecule has 0 aliphatic heterocycles. The zero-order valence-electron chi connectivity index (χ0n) is 13.1. The first-order chi connectivity index (χ1) is 10.2. The Balaban J connectivity index is 0. The van der Waals surface area contributed by atoms with E-state index in [0.29, 0.717) is 25.7 Å². The van der Waals surface area contributed by atoms with Crippen LogP contribution in [0.4, 0.5) is 0 Å². The first-order valence-electron chi connectivity index (χ1n) is 6.81. The molecule has 0 amide bonds. The van der Waals surface area contributed by atoms with Gasteiger partial charge in [-0.3, -0.25) is 0 Å². The quantitative estimate of drug-likeness (QED) is 0.284. The lowest BCUT2D eigenvalue weighted by atomic mass is 10.5. The third-order valence-electron chi connectivity index (χ3n) is 2.76. The Hall–Kier alpha value is 0.280. The fourth-order valence-corrected chi connectivity index (χ4v) is 6.96. The van der Waals surface area contributed by atoms with Gasteiger partial charge in [0.1, 0.15) is 0 Å². The minimum absolute atomic E-state index is 0.638. The van der Waals surface area contributed by atoms with E-state index in [1.807, 2.05) is 0 Å². The lowest BCUT2D eigenvalue weighted by Crippen LogP contribution is -1.93. The standard InChI is InChI=1S/2C7H11IN2P/c2*1-11(8,6-2-4-9)7-3-5-10/h2*2-3,6-7H2,1H3/q2*+1. The number of hydrogen-bond donors (Lipinski definition) is 0. The average molecular weight is 562 g/mol. The molecule has 0 bridgehead atoms. The molecule has 0 atom stereocenters. The van der Waals surface area contributed by atoms with Gasteiger partial charge in [0.25, 0.3) is 0 Å². The third kappa shape index (κ3) is 18.3. The normalized spacial score (nSPS) is 10.2. The predicted octanol–water partition coefficient (Wildman–Crippen LogP) is 5.62. The highest BCUT2D eigenvalue weighted by Gasteiger charge is 2.27. The van der Waals surface area contributed by atoms with E-state index in [-0.39, 0.29) is 0 Å². The fraction of sp³-hybridized carbons (Fsp3) is 0.714. The van der Waals surface area contributed by atoms with Crippen LogP contribution in [0.15, 0.2) is 0 Å². The van der Waals surface area contributed by atoms with Gasteiger partial charge in [0.2, 0.25) is 0 Å². The van der Waals surface area contributed by atoms with Gasteiger partial charge in [-0.15, -0.1) is 0 Å². The molecule has 0 heterocycles. The molecule has 8 heteroatoms. The van der Waals surface area contributed by atoms with E-state index in [1.54, 1.807) is 0 Å². The zero-order chi connectivity index (χ0) is 17.5. The van der Waals surface area contributed by atoms with E-state index in [1.165, 1.54) is 0 Å². The second-order valence-electron chi connectivity index (χ2n) is 5.06. The summed E-state index contributed by atoms with van der Waals surface area (Å²) in [4.78, 5) is -1.90. The van der Waals surface area contributed by atoms with Gasteiger partial charge < -0.3 is 0 Å². The Morgan fingerprint density at radius 2 is 0.773 bits per heavy atom. The summed E-state index contributed by atoms with van der Waals surface area (Å²) in [5, 5.41) is 33.4. The highest BCUT2D eigenvalue weighted by molar-refractivity contribution is 14.2. The Morgan fingerprint density at radius 3 is 0.909 bits per heavy atom.